The molecule has 1 aromatic rings. The molecule has 0 N–H and O–H groups in total. The highest BCUT2D eigenvalue weighted by molar-refractivity contribution is 5.76. The van der Waals surface area contributed by atoms with Crippen LogP contribution >= 0.6 is 0 Å². The van der Waals surface area contributed by atoms with Crippen molar-refractivity contribution in [3.05, 3.63) is 29.6 Å². The van der Waals surface area contributed by atoms with Crippen molar-refractivity contribution in [1.82, 2.24) is 4.98 Å². The quantitative estimate of drug-likeness (QED) is 0.760. The number of aryl methyl sites for hydroxylation is 1. The molecule has 0 aromatic carbocycles. The molecule has 1 rings (SSSR count). The Morgan fingerprint density at radius 1 is 1.26 bits per heavy atom. The summed E-state index contributed by atoms with van der Waals surface area (Å²) in [5.74, 6) is -1.45. The Balaban J connectivity index is 3.00. The molecule has 0 spiro atoms. The van der Waals surface area contributed by atoms with Crippen LogP contribution in [-0.2, 0) is 19.1 Å². The van der Waals surface area contributed by atoms with Crippen LogP contribution in [0.15, 0.2) is 18.3 Å². The number of rotatable bonds is 5. The fraction of sp³-hybridized carbons (Fsp3) is 0.500. The molecule has 0 radical (unpaired) electrons. The summed E-state index contributed by atoms with van der Waals surface area (Å²) < 4.78 is 9.42. The summed E-state index contributed by atoms with van der Waals surface area (Å²) >= 11 is 0. The summed E-state index contributed by atoms with van der Waals surface area (Å²) in [4.78, 5) is 27.3. The average Bonchev–Trinajstić information content (AvgIpc) is 2.43. The molecule has 0 aliphatic rings. The molecule has 0 amide bonds. The minimum absolute atomic E-state index is 0.123. The van der Waals surface area contributed by atoms with Gasteiger partial charge < -0.3 is 9.47 Å². The van der Waals surface area contributed by atoms with Crippen molar-refractivity contribution in [1.29, 1.82) is 0 Å². The van der Waals surface area contributed by atoms with Crippen LogP contribution in [0.3, 0.4) is 0 Å². The molecule has 0 fully saturated rings. The molecular weight excluding hydrogens is 246 g/mol. The molecule has 19 heavy (non-hydrogen) atoms. The summed E-state index contributed by atoms with van der Waals surface area (Å²) in [5, 5.41) is 0. The standard InChI is InChI=1S/C14H19NO4/c1-9-5-6-11(8-15-9)12(7-13(16)18-3)10(2)14(17)19-4/h5-6,8,10,12H,7H2,1-4H3. The number of hydrogen-bond donors (Lipinski definition) is 0. The summed E-state index contributed by atoms with van der Waals surface area (Å²) in [6, 6.07) is 3.72. The number of carbonyl (C=O) groups excluding carboxylic acids is 2. The van der Waals surface area contributed by atoms with Gasteiger partial charge in [-0.15, -0.1) is 0 Å². The number of nitrogens with zero attached hydrogens (tertiary/aromatic N) is 1. The second-order valence-corrected chi connectivity index (χ2v) is 4.43. The maximum atomic E-state index is 11.7. The zero-order valence-electron chi connectivity index (χ0n) is 11.7. The Kier molecular flexibility index (Phi) is 5.48. The van der Waals surface area contributed by atoms with Gasteiger partial charge in [0.15, 0.2) is 0 Å². The number of hydrogen-bond acceptors (Lipinski definition) is 5. The maximum Gasteiger partial charge on any atom is 0.309 e. The molecule has 0 saturated heterocycles. The number of carbonyl (C=O) groups is 2. The van der Waals surface area contributed by atoms with Gasteiger partial charge >= 0.3 is 11.9 Å². The third-order valence-corrected chi connectivity index (χ3v) is 3.15. The van der Waals surface area contributed by atoms with Crippen LogP contribution < -0.4 is 0 Å². The molecular formula is C14H19NO4. The Bertz CT molecular complexity index is 441. The van der Waals surface area contributed by atoms with Crippen molar-refractivity contribution >= 4 is 11.9 Å². The third kappa shape index (κ3) is 4.05. The van der Waals surface area contributed by atoms with E-state index < -0.39 is 5.92 Å². The fourth-order valence-corrected chi connectivity index (χ4v) is 1.89. The third-order valence-electron chi connectivity index (χ3n) is 3.15. The van der Waals surface area contributed by atoms with E-state index in [-0.39, 0.29) is 24.3 Å². The van der Waals surface area contributed by atoms with Gasteiger partial charge in [-0.05, 0) is 18.6 Å². The zero-order valence-corrected chi connectivity index (χ0v) is 11.7. The first kappa shape index (κ1) is 15.1. The highest BCUT2D eigenvalue weighted by atomic mass is 16.5. The van der Waals surface area contributed by atoms with Gasteiger partial charge in [-0.2, -0.15) is 0 Å². The highest BCUT2D eigenvalue weighted by Crippen LogP contribution is 2.29. The summed E-state index contributed by atoms with van der Waals surface area (Å²) in [7, 11) is 2.66. The Labute approximate surface area is 112 Å². The summed E-state index contributed by atoms with van der Waals surface area (Å²) in [5.41, 5.74) is 1.71. The molecule has 0 saturated carbocycles. The minimum atomic E-state index is -0.436. The highest BCUT2D eigenvalue weighted by Gasteiger charge is 2.29. The van der Waals surface area contributed by atoms with Crippen LogP contribution in [0.1, 0.15) is 30.5 Å². The predicted octanol–water partition coefficient (Wildman–Crippen LogP) is 1.85. The summed E-state index contributed by atoms with van der Waals surface area (Å²) in [6.07, 6.45) is 1.81. The van der Waals surface area contributed by atoms with Crippen molar-refractivity contribution in [2.45, 2.75) is 26.2 Å². The largest absolute Gasteiger partial charge is 0.469 e. The lowest BCUT2D eigenvalue weighted by molar-refractivity contribution is -0.147. The van der Waals surface area contributed by atoms with Gasteiger partial charge in [-0.3, -0.25) is 14.6 Å². The van der Waals surface area contributed by atoms with E-state index >= 15 is 0 Å². The van der Waals surface area contributed by atoms with Gasteiger partial charge in [0.05, 0.1) is 26.6 Å². The smallest absolute Gasteiger partial charge is 0.309 e. The van der Waals surface area contributed by atoms with Crippen molar-refractivity contribution in [3.8, 4) is 0 Å². The first-order chi connectivity index (χ1) is 8.99. The van der Waals surface area contributed by atoms with E-state index in [0.29, 0.717) is 0 Å². The van der Waals surface area contributed by atoms with E-state index in [9.17, 15) is 9.59 Å². The van der Waals surface area contributed by atoms with Crippen LogP contribution in [0.4, 0.5) is 0 Å². The Hall–Kier alpha value is -1.91. The monoisotopic (exact) mass is 265 g/mol. The van der Waals surface area contributed by atoms with Gasteiger partial charge in [-0.1, -0.05) is 13.0 Å². The Morgan fingerprint density at radius 2 is 1.95 bits per heavy atom. The van der Waals surface area contributed by atoms with Crippen molar-refractivity contribution in [2.24, 2.45) is 5.92 Å². The van der Waals surface area contributed by atoms with Crippen LogP contribution in [0.2, 0.25) is 0 Å². The Morgan fingerprint density at radius 3 is 2.42 bits per heavy atom. The van der Waals surface area contributed by atoms with E-state index in [1.165, 1.54) is 14.2 Å². The van der Waals surface area contributed by atoms with Gasteiger partial charge in [0.25, 0.3) is 0 Å². The maximum absolute atomic E-state index is 11.7. The molecule has 0 bridgehead atoms. The summed E-state index contributed by atoms with van der Waals surface area (Å²) in [6.45, 7) is 3.61. The fourth-order valence-electron chi connectivity index (χ4n) is 1.89. The molecule has 2 atom stereocenters. The van der Waals surface area contributed by atoms with Gasteiger partial charge in [0.2, 0.25) is 0 Å². The van der Waals surface area contributed by atoms with Crippen molar-refractivity contribution < 1.29 is 19.1 Å². The predicted molar refractivity (Wildman–Crippen MR) is 69.5 cm³/mol. The van der Waals surface area contributed by atoms with Crippen LogP contribution in [0, 0.1) is 12.8 Å². The number of pyridine rings is 1. The minimum Gasteiger partial charge on any atom is -0.469 e. The lowest BCUT2D eigenvalue weighted by atomic mass is 9.85. The molecule has 0 aliphatic heterocycles. The van der Waals surface area contributed by atoms with Gasteiger partial charge in [-0.25, -0.2) is 0 Å². The lowest BCUT2D eigenvalue weighted by Gasteiger charge is -2.21. The molecule has 5 heteroatoms. The number of aromatic nitrogens is 1. The molecule has 1 aromatic heterocycles. The van der Waals surface area contributed by atoms with Gasteiger partial charge in [0.1, 0.15) is 0 Å². The first-order valence-electron chi connectivity index (χ1n) is 6.06. The number of ether oxygens (including phenoxy) is 2. The normalized spacial score (nSPS) is 13.5. The molecule has 2 unspecified atom stereocenters. The van der Waals surface area contributed by atoms with E-state index in [1.807, 2.05) is 19.1 Å². The first-order valence-corrected chi connectivity index (χ1v) is 6.06. The van der Waals surface area contributed by atoms with Crippen LogP contribution in [0.25, 0.3) is 0 Å². The second kappa shape index (κ2) is 6.87. The molecule has 0 aliphatic carbocycles. The van der Waals surface area contributed by atoms with Crippen LogP contribution in [0.5, 0.6) is 0 Å². The number of esters is 2. The van der Waals surface area contributed by atoms with Crippen molar-refractivity contribution in [2.75, 3.05) is 14.2 Å². The second-order valence-electron chi connectivity index (χ2n) is 4.43. The number of methoxy groups -OCH3 is 2. The topological polar surface area (TPSA) is 65.5 Å². The van der Waals surface area contributed by atoms with E-state index in [0.717, 1.165) is 11.3 Å². The van der Waals surface area contributed by atoms with E-state index in [1.54, 1.807) is 13.1 Å². The van der Waals surface area contributed by atoms with E-state index in [4.69, 9.17) is 4.74 Å². The SMILES string of the molecule is COC(=O)CC(c1ccc(C)nc1)C(C)C(=O)OC. The van der Waals surface area contributed by atoms with Crippen LogP contribution in [-0.4, -0.2) is 31.1 Å². The molecule has 5 nitrogen and oxygen atoms in total. The molecule has 1 heterocycles. The van der Waals surface area contributed by atoms with Gasteiger partial charge in [0, 0.05) is 17.8 Å². The van der Waals surface area contributed by atoms with Crippen molar-refractivity contribution in [3.63, 3.8) is 0 Å². The molecule has 104 valence electrons. The average molecular weight is 265 g/mol. The zero-order chi connectivity index (χ0) is 14.4. The van der Waals surface area contributed by atoms with E-state index in [2.05, 4.69) is 9.72 Å². The lowest BCUT2D eigenvalue weighted by Crippen LogP contribution is -2.23.